The van der Waals surface area contributed by atoms with Crippen molar-refractivity contribution in [3.8, 4) is 11.4 Å². The van der Waals surface area contributed by atoms with Gasteiger partial charge in [-0.3, -0.25) is 4.79 Å². The lowest BCUT2D eigenvalue weighted by atomic mass is 10.2. The number of benzene rings is 2. The summed E-state index contributed by atoms with van der Waals surface area (Å²) in [5.41, 5.74) is 1.95. The van der Waals surface area contributed by atoms with E-state index < -0.39 is 0 Å². The number of hydrogen-bond donors (Lipinski definition) is 0. The van der Waals surface area contributed by atoms with Gasteiger partial charge in [-0.1, -0.05) is 46.3 Å². The van der Waals surface area contributed by atoms with Crippen LogP contribution in [0, 0.1) is 0 Å². The maximum atomic E-state index is 12.7. The van der Waals surface area contributed by atoms with Crippen LogP contribution in [0.5, 0.6) is 0 Å². The van der Waals surface area contributed by atoms with Crippen molar-refractivity contribution in [1.29, 1.82) is 0 Å². The zero-order valence-electron chi connectivity index (χ0n) is 14.7. The third-order valence-electron chi connectivity index (χ3n) is 3.97. The first-order valence-corrected chi connectivity index (χ1v) is 9.19. The van der Waals surface area contributed by atoms with Crippen molar-refractivity contribution in [3.63, 3.8) is 0 Å². The third-order valence-corrected chi connectivity index (χ3v) is 4.50. The fraction of sp³-hybridized carbons (Fsp3) is 0.263. The van der Waals surface area contributed by atoms with Crippen molar-refractivity contribution in [2.45, 2.75) is 33.0 Å². The molecule has 0 saturated heterocycles. The van der Waals surface area contributed by atoms with E-state index in [1.165, 1.54) is 4.80 Å². The first kappa shape index (κ1) is 18.3. The summed E-state index contributed by atoms with van der Waals surface area (Å²) in [7, 11) is 0. The topological polar surface area (TPSA) is 63.9 Å². The Labute approximate surface area is 161 Å². The number of aromatic nitrogens is 4. The molecular formula is C19H20BrN5O. The second kappa shape index (κ2) is 8.23. The summed E-state index contributed by atoms with van der Waals surface area (Å²) in [6, 6.07) is 17.7. The van der Waals surface area contributed by atoms with Gasteiger partial charge in [0.2, 0.25) is 11.7 Å². The Morgan fingerprint density at radius 1 is 1.12 bits per heavy atom. The van der Waals surface area contributed by atoms with Crippen molar-refractivity contribution in [2.24, 2.45) is 0 Å². The molecule has 0 atom stereocenters. The SMILES string of the molecule is CC(C)N(Cc1ccccc1)C(=O)Cn1nnc(-c2ccc(Br)cc2)n1. The minimum Gasteiger partial charge on any atom is -0.334 e. The van der Waals surface area contributed by atoms with Crippen LogP contribution in [0.15, 0.2) is 59.1 Å². The highest BCUT2D eigenvalue weighted by molar-refractivity contribution is 9.10. The predicted octanol–water partition coefficient (Wildman–Crippen LogP) is 3.54. The summed E-state index contributed by atoms with van der Waals surface area (Å²) >= 11 is 3.40. The summed E-state index contributed by atoms with van der Waals surface area (Å²) in [5.74, 6) is 0.466. The van der Waals surface area contributed by atoms with Gasteiger partial charge in [0.15, 0.2) is 0 Å². The normalized spacial score (nSPS) is 10.9. The van der Waals surface area contributed by atoms with E-state index in [4.69, 9.17) is 0 Å². The fourth-order valence-electron chi connectivity index (χ4n) is 2.58. The van der Waals surface area contributed by atoms with Crippen LogP contribution in [0.3, 0.4) is 0 Å². The third kappa shape index (κ3) is 4.54. The van der Waals surface area contributed by atoms with Crippen LogP contribution in [0.2, 0.25) is 0 Å². The molecule has 134 valence electrons. The van der Waals surface area contributed by atoms with E-state index >= 15 is 0 Å². The lowest BCUT2D eigenvalue weighted by Crippen LogP contribution is -2.39. The molecule has 0 bridgehead atoms. The number of tetrazole rings is 1. The second-order valence-electron chi connectivity index (χ2n) is 6.25. The van der Waals surface area contributed by atoms with Crippen LogP contribution < -0.4 is 0 Å². The molecule has 26 heavy (non-hydrogen) atoms. The molecule has 0 aliphatic rings. The monoisotopic (exact) mass is 413 g/mol. The van der Waals surface area contributed by atoms with Crippen LogP contribution in [0.25, 0.3) is 11.4 Å². The average molecular weight is 414 g/mol. The van der Waals surface area contributed by atoms with Gasteiger partial charge in [0.1, 0.15) is 6.54 Å². The minimum atomic E-state index is -0.0383. The first-order chi connectivity index (χ1) is 12.5. The van der Waals surface area contributed by atoms with E-state index in [1.807, 2.05) is 73.3 Å². The van der Waals surface area contributed by atoms with Crippen molar-refractivity contribution in [3.05, 3.63) is 64.6 Å². The smallest absolute Gasteiger partial charge is 0.246 e. The standard InChI is InChI=1S/C19H20BrN5O/c1-14(2)24(12-15-6-4-3-5-7-15)18(26)13-25-22-19(21-23-25)16-8-10-17(20)11-9-16/h3-11,14H,12-13H2,1-2H3. The molecule has 6 nitrogen and oxygen atoms in total. The molecule has 1 aromatic heterocycles. The molecule has 1 heterocycles. The van der Waals surface area contributed by atoms with Crippen LogP contribution in [-0.2, 0) is 17.9 Å². The lowest BCUT2D eigenvalue weighted by Gasteiger charge is -2.26. The molecule has 0 aliphatic heterocycles. The van der Waals surface area contributed by atoms with Crippen LogP contribution in [-0.4, -0.2) is 37.1 Å². The molecule has 0 unspecified atom stereocenters. The number of rotatable bonds is 6. The Morgan fingerprint density at radius 2 is 1.81 bits per heavy atom. The molecule has 3 rings (SSSR count). The summed E-state index contributed by atoms with van der Waals surface area (Å²) in [6.45, 7) is 4.63. The molecule has 0 spiro atoms. The highest BCUT2D eigenvalue weighted by Gasteiger charge is 2.19. The van der Waals surface area contributed by atoms with Crippen molar-refractivity contribution in [1.82, 2.24) is 25.1 Å². The van der Waals surface area contributed by atoms with Gasteiger partial charge in [-0.2, -0.15) is 4.80 Å². The number of hydrogen-bond acceptors (Lipinski definition) is 4. The number of carbonyl (C=O) groups excluding carboxylic acids is 1. The van der Waals surface area contributed by atoms with E-state index in [-0.39, 0.29) is 18.5 Å². The van der Waals surface area contributed by atoms with E-state index in [2.05, 4.69) is 31.3 Å². The van der Waals surface area contributed by atoms with Gasteiger partial charge in [0, 0.05) is 22.6 Å². The number of nitrogens with zero attached hydrogens (tertiary/aromatic N) is 5. The molecule has 0 saturated carbocycles. The second-order valence-corrected chi connectivity index (χ2v) is 7.17. The van der Waals surface area contributed by atoms with Gasteiger partial charge in [-0.25, -0.2) is 0 Å². The molecule has 0 aliphatic carbocycles. The highest BCUT2D eigenvalue weighted by Crippen LogP contribution is 2.17. The summed E-state index contributed by atoms with van der Waals surface area (Å²) in [4.78, 5) is 15.9. The molecule has 0 radical (unpaired) electrons. The first-order valence-electron chi connectivity index (χ1n) is 8.40. The van der Waals surface area contributed by atoms with Gasteiger partial charge < -0.3 is 4.90 Å². The van der Waals surface area contributed by atoms with E-state index in [1.54, 1.807) is 0 Å². The Bertz CT molecular complexity index is 861. The Morgan fingerprint density at radius 3 is 2.46 bits per heavy atom. The number of halogens is 1. The van der Waals surface area contributed by atoms with Gasteiger partial charge in [0.05, 0.1) is 0 Å². The molecule has 2 aromatic carbocycles. The molecular weight excluding hydrogens is 394 g/mol. The van der Waals surface area contributed by atoms with Gasteiger partial charge in [-0.05, 0) is 48.9 Å². The average Bonchev–Trinajstić information content (AvgIpc) is 3.09. The fourth-order valence-corrected chi connectivity index (χ4v) is 2.84. The van der Waals surface area contributed by atoms with Crippen molar-refractivity contribution < 1.29 is 4.79 Å². The quantitative estimate of drug-likeness (QED) is 0.619. The number of carbonyl (C=O) groups is 1. The molecule has 0 N–H and O–H groups in total. The van der Waals surface area contributed by atoms with Crippen LogP contribution >= 0.6 is 15.9 Å². The Kier molecular flexibility index (Phi) is 5.78. The van der Waals surface area contributed by atoms with E-state index in [0.29, 0.717) is 12.4 Å². The lowest BCUT2D eigenvalue weighted by molar-refractivity contribution is -0.134. The minimum absolute atomic E-state index is 0.0383. The largest absolute Gasteiger partial charge is 0.334 e. The van der Waals surface area contributed by atoms with Gasteiger partial charge in [0.25, 0.3) is 0 Å². The highest BCUT2D eigenvalue weighted by atomic mass is 79.9. The predicted molar refractivity (Wildman–Crippen MR) is 103 cm³/mol. The van der Waals surface area contributed by atoms with E-state index in [9.17, 15) is 4.79 Å². The molecule has 0 fully saturated rings. The zero-order valence-corrected chi connectivity index (χ0v) is 16.3. The van der Waals surface area contributed by atoms with Crippen molar-refractivity contribution >= 4 is 21.8 Å². The maximum Gasteiger partial charge on any atom is 0.246 e. The zero-order chi connectivity index (χ0) is 18.5. The van der Waals surface area contributed by atoms with Crippen LogP contribution in [0.4, 0.5) is 0 Å². The van der Waals surface area contributed by atoms with E-state index in [0.717, 1.165) is 15.6 Å². The maximum absolute atomic E-state index is 12.7. The Hall–Kier alpha value is -2.54. The summed E-state index contributed by atoms with van der Waals surface area (Å²) in [6.07, 6.45) is 0. The molecule has 1 amide bonds. The summed E-state index contributed by atoms with van der Waals surface area (Å²) < 4.78 is 0.984. The Balaban J connectivity index is 1.70. The molecule has 3 aromatic rings. The van der Waals surface area contributed by atoms with Gasteiger partial charge >= 0.3 is 0 Å². The van der Waals surface area contributed by atoms with Gasteiger partial charge in [-0.15, -0.1) is 10.2 Å². The number of amides is 1. The van der Waals surface area contributed by atoms with Crippen LogP contribution in [0.1, 0.15) is 19.4 Å². The molecule has 7 heteroatoms. The summed E-state index contributed by atoms with van der Waals surface area (Å²) in [5, 5.41) is 12.4. The van der Waals surface area contributed by atoms with Crippen molar-refractivity contribution in [2.75, 3.05) is 0 Å².